The molecule has 3 heteroatoms. The van der Waals surface area contributed by atoms with Crippen molar-refractivity contribution in [3.63, 3.8) is 0 Å². The van der Waals surface area contributed by atoms with Gasteiger partial charge in [-0.05, 0) is 41.1 Å². The van der Waals surface area contributed by atoms with Crippen LogP contribution in [0.3, 0.4) is 0 Å². The van der Waals surface area contributed by atoms with Crippen molar-refractivity contribution < 1.29 is 4.79 Å². The number of rotatable bonds is 12. The lowest BCUT2D eigenvalue weighted by Crippen LogP contribution is -2.33. The summed E-state index contributed by atoms with van der Waals surface area (Å²) in [5.74, 6) is 1.33. The van der Waals surface area contributed by atoms with Crippen molar-refractivity contribution in [3.8, 4) is 6.07 Å². The van der Waals surface area contributed by atoms with Gasteiger partial charge in [0.25, 0.3) is 0 Å². The molecule has 182 valence electrons. The van der Waals surface area contributed by atoms with Crippen LogP contribution < -0.4 is 15.9 Å². The monoisotopic (exact) mass is 483 g/mol. The Bertz CT molecular complexity index is 1060. The van der Waals surface area contributed by atoms with Crippen molar-refractivity contribution in [1.29, 1.82) is 5.26 Å². The van der Waals surface area contributed by atoms with Crippen LogP contribution in [0.4, 0.5) is 0 Å². The van der Waals surface area contributed by atoms with E-state index in [-0.39, 0.29) is 5.78 Å². The Balaban J connectivity index is 2.04. The van der Waals surface area contributed by atoms with E-state index in [0.29, 0.717) is 17.6 Å². The van der Waals surface area contributed by atoms with Crippen molar-refractivity contribution in [1.82, 2.24) is 0 Å². The summed E-state index contributed by atoms with van der Waals surface area (Å²) in [6, 6.07) is 32.9. The summed E-state index contributed by atoms with van der Waals surface area (Å²) >= 11 is 0. The minimum absolute atomic E-state index is 0.00762. The second kappa shape index (κ2) is 13.3. The molecule has 1 atom stereocenters. The quantitative estimate of drug-likeness (QED) is 0.264. The molecular weight excluding hydrogens is 445 g/mol. The summed E-state index contributed by atoms with van der Waals surface area (Å²) in [6.07, 6.45) is 5.98. The van der Waals surface area contributed by atoms with Gasteiger partial charge in [-0.3, -0.25) is 4.79 Å². The zero-order valence-electron chi connectivity index (χ0n) is 21.4. The normalized spacial score (nSPS) is 12.2. The second-order valence-electron chi connectivity index (χ2n) is 9.88. The summed E-state index contributed by atoms with van der Waals surface area (Å²) in [5.41, 5.74) is 0. The fourth-order valence-electron chi connectivity index (χ4n) is 4.86. The summed E-state index contributed by atoms with van der Waals surface area (Å²) in [4.78, 5) is 13.8. The van der Waals surface area contributed by atoms with Crippen molar-refractivity contribution >= 4 is 33.9 Å². The van der Waals surface area contributed by atoms with E-state index in [9.17, 15) is 10.1 Å². The zero-order chi connectivity index (χ0) is 25.1. The molecule has 2 nitrogen and oxygen atoms in total. The van der Waals surface area contributed by atoms with Gasteiger partial charge in [0.05, 0.1) is 0 Å². The highest BCUT2D eigenvalue weighted by Gasteiger charge is 2.32. The summed E-state index contributed by atoms with van der Waals surface area (Å²) in [6.45, 7) is 4.22. The minimum atomic E-state index is -2.61. The molecule has 0 aliphatic rings. The van der Waals surface area contributed by atoms with Crippen LogP contribution in [0, 0.1) is 23.2 Å². The van der Waals surface area contributed by atoms with Crippen LogP contribution in [0.5, 0.6) is 0 Å². The standard InChI is InChI=1S/C32H38NOP/c1-26(2)15-13-16-27(3)17-14-24-31(34)32(25-33)35(28-18-7-4-8-19-28,29-20-9-5-10-21-29)30-22-11-6-12-23-30/h4-12,18-23,26-27H,13-17,24H2,1-3H3/t27-/m0/s1. The van der Waals surface area contributed by atoms with Crippen LogP contribution >= 0.6 is 6.89 Å². The van der Waals surface area contributed by atoms with Gasteiger partial charge >= 0.3 is 0 Å². The molecule has 0 aromatic heterocycles. The summed E-state index contributed by atoms with van der Waals surface area (Å²) in [5, 5.41) is 14.1. The number of benzene rings is 3. The maximum atomic E-state index is 13.8. The lowest BCUT2D eigenvalue weighted by Gasteiger charge is -2.30. The van der Waals surface area contributed by atoms with Gasteiger partial charge < -0.3 is 0 Å². The molecule has 3 aromatic carbocycles. The number of hydrogen-bond acceptors (Lipinski definition) is 2. The van der Waals surface area contributed by atoms with Crippen molar-refractivity contribution in [3.05, 3.63) is 91.0 Å². The number of hydrogen-bond donors (Lipinski definition) is 0. The molecule has 35 heavy (non-hydrogen) atoms. The molecule has 0 heterocycles. The first kappa shape index (κ1) is 26.7. The predicted octanol–water partition coefficient (Wildman–Crippen LogP) is 6.88. The van der Waals surface area contributed by atoms with E-state index in [1.807, 2.05) is 54.6 Å². The average molecular weight is 484 g/mol. The van der Waals surface area contributed by atoms with Gasteiger partial charge in [0, 0.05) is 6.42 Å². The molecule has 0 N–H and O–H groups in total. The molecular formula is C32H38NOP. The van der Waals surface area contributed by atoms with E-state index in [2.05, 4.69) is 63.2 Å². The predicted molar refractivity (Wildman–Crippen MR) is 152 cm³/mol. The van der Waals surface area contributed by atoms with E-state index >= 15 is 0 Å². The van der Waals surface area contributed by atoms with Gasteiger partial charge in [-0.15, -0.1) is 0 Å². The Kier molecular flexibility index (Phi) is 10.1. The molecule has 0 saturated carbocycles. The maximum Gasteiger partial charge on any atom is 0.174 e. The highest BCUT2D eigenvalue weighted by atomic mass is 31.2. The first-order valence-electron chi connectivity index (χ1n) is 12.9. The summed E-state index contributed by atoms with van der Waals surface area (Å²) < 4.78 is 0. The van der Waals surface area contributed by atoms with E-state index in [0.717, 1.165) is 34.7 Å². The highest BCUT2D eigenvalue weighted by Crippen LogP contribution is 2.46. The largest absolute Gasteiger partial charge is 0.293 e. The number of carbonyl (C=O) groups is 1. The lowest BCUT2D eigenvalue weighted by atomic mass is 9.95. The molecule has 0 unspecified atom stereocenters. The second-order valence-corrected chi connectivity index (χ2v) is 13.2. The number of ketones is 1. The van der Waals surface area contributed by atoms with Crippen LogP contribution in [0.1, 0.15) is 59.3 Å². The molecule has 0 saturated heterocycles. The first-order valence-corrected chi connectivity index (χ1v) is 14.7. The average Bonchev–Trinajstić information content (AvgIpc) is 2.88. The Labute approximate surface area is 212 Å². The van der Waals surface area contributed by atoms with E-state index in [4.69, 9.17) is 0 Å². The molecule has 0 spiro atoms. The third-order valence-corrected chi connectivity index (χ3v) is 11.0. The SMILES string of the molecule is CC(C)CCC[C@H](C)CCCC(=O)C(C#N)=P(c1ccccc1)(c1ccccc1)c1ccccc1. The zero-order valence-corrected chi connectivity index (χ0v) is 22.3. The number of nitriles is 1. The molecule has 0 aliphatic heterocycles. The Morgan fingerprint density at radius 3 is 1.54 bits per heavy atom. The number of nitrogens with zero attached hydrogens (tertiary/aromatic N) is 1. The van der Waals surface area contributed by atoms with Crippen molar-refractivity contribution in [2.24, 2.45) is 11.8 Å². The van der Waals surface area contributed by atoms with Crippen LogP contribution in [-0.4, -0.2) is 11.1 Å². The molecule has 0 bridgehead atoms. The molecule has 0 radical (unpaired) electrons. The van der Waals surface area contributed by atoms with Gasteiger partial charge in [0.1, 0.15) is 11.4 Å². The maximum absolute atomic E-state index is 13.8. The van der Waals surface area contributed by atoms with E-state index in [1.54, 1.807) is 0 Å². The fourth-order valence-corrected chi connectivity index (χ4v) is 9.03. The van der Waals surface area contributed by atoms with Crippen LogP contribution in [0.2, 0.25) is 0 Å². The number of carbonyl (C=O) groups excluding carboxylic acids is 1. The van der Waals surface area contributed by atoms with Crippen molar-refractivity contribution in [2.75, 3.05) is 0 Å². The van der Waals surface area contributed by atoms with Crippen LogP contribution in [0.15, 0.2) is 91.0 Å². The van der Waals surface area contributed by atoms with Gasteiger partial charge in [0.15, 0.2) is 5.78 Å². The van der Waals surface area contributed by atoms with Gasteiger partial charge in [0.2, 0.25) is 0 Å². The molecule has 3 rings (SSSR count). The van der Waals surface area contributed by atoms with Crippen molar-refractivity contribution in [2.45, 2.75) is 59.3 Å². The first-order chi connectivity index (χ1) is 17.0. The summed E-state index contributed by atoms with van der Waals surface area (Å²) in [7, 11) is 0. The Morgan fingerprint density at radius 1 is 0.714 bits per heavy atom. The Morgan fingerprint density at radius 2 is 1.14 bits per heavy atom. The third kappa shape index (κ3) is 6.62. The van der Waals surface area contributed by atoms with Crippen LogP contribution in [-0.2, 0) is 4.79 Å². The third-order valence-electron chi connectivity index (χ3n) is 6.72. The van der Waals surface area contributed by atoms with Gasteiger partial charge in [-0.1, -0.05) is 137 Å². The smallest absolute Gasteiger partial charge is 0.174 e. The highest BCUT2D eigenvalue weighted by molar-refractivity contribution is 7.96. The molecule has 0 fully saturated rings. The topological polar surface area (TPSA) is 40.9 Å². The van der Waals surface area contributed by atoms with E-state index in [1.165, 1.54) is 19.3 Å². The van der Waals surface area contributed by atoms with Gasteiger partial charge in [-0.25, -0.2) is 0 Å². The van der Waals surface area contributed by atoms with Crippen LogP contribution in [0.25, 0.3) is 0 Å². The molecule has 0 aliphatic carbocycles. The molecule has 0 amide bonds. The lowest BCUT2D eigenvalue weighted by molar-refractivity contribution is -0.112. The fraction of sp³-hybridized carbons (Fsp3) is 0.344. The van der Waals surface area contributed by atoms with E-state index < -0.39 is 6.89 Å². The minimum Gasteiger partial charge on any atom is -0.293 e. The molecule has 3 aromatic rings. The number of Topliss-reactive ketones (excluding diaryl/α,β-unsaturated/α-hetero) is 1. The van der Waals surface area contributed by atoms with Gasteiger partial charge in [-0.2, -0.15) is 5.26 Å². The Hall–Kier alpha value is -2.88.